The molecule has 2 N–H and O–H groups in total. The zero-order valence-electron chi connectivity index (χ0n) is 13.0. The summed E-state index contributed by atoms with van der Waals surface area (Å²) in [5.74, 6) is 0.980. The lowest BCUT2D eigenvalue weighted by Crippen LogP contribution is -2.32. The Balaban J connectivity index is 1.68. The molecule has 1 aromatic rings. The van der Waals surface area contributed by atoms with Crippen molar-refractivity contribution in [1.29, 1.82) is 0 Å². The second-order valence-corrected chi connectivity index (χ2v) is 6.59. The van der Waals surface area contributed by atoms with Gasteiger partial charge in [-0.1, -0.05) is 31.9 Å². The van der Waals surface area contributed by atoms with E-state index in [9.17, 15) is 5.11 Å². The van der Waals surface area contributed by atoms with E-state index in [1.165, 1.54) is 11.1 Å². The molecule has 21 heavy (non-hydrogen) atoms. The molecule has 0 radical (unpaired) electrons. The van der Waals surface area contributed by atoms with Crippen molar-refractivity contribution in [2.45, 2.75) is 63.5 Å². The van der Waals surface area contributed by atoms with E-state index in [0.29, 0.717) is 12.6 Å². The maximum atomic E-state index is 10.4. The molecule has 1 fully saturated rings. The lowest BCUT2D eigenvalue weighted by molar-refractivity contribution is 0.00116. The Kier molecular flexibility index (Phi) is 4.51. The van der Waals surface area contributed by atoms with Crippen LogP contribution in [-0.4, -0.2) is 23.9 Å². The van der Waals surface area contributed by atoms with Crippen LogP contribution in [0.4, 0.5) is 0 Å². The zero-order valence-corrected chi connectivity index (χ0v) is 13.0. The predicted molar refractivity (Wildman–Crippen MR) is 84.7 cm³/mol. The lowest BCUT2D eigenvalue weighted by atomic mass is 10.0. The smallest absolute Gasteiger partial charge is 0.122 e. The van der Waals surface area contributed by atoms with Gasteiger partial charge in [0.05, 0.1) is 5.60 Å². The van der Waals surface area contributed by atoms with E-state index in [4.69, 9.17) is 4.74 Å². The molecule has 0 amide bonds. The molecule has 0 spiro atoms. The summed E-state index contributed by atoms with van der Waals surface area (Å²) in [6, 6.07) is 6.82. The number of nitrogens with one attached hydrogen (secondary N) is 1. The summed E-state index contributed by atoms with van der Waals surface area (Å²) >= 11 is 0. The first-order chi connectivity index (χ1) is 10.2. The van der Waals surface area contributed by atoms with Crippen LogP contribution in [-0.2, 0) is 6.42 Å². The highest BCUT2D eigenvalue weighted by molar-refractivity contribution is 5.45. The van der Waals surface area contributed by atoms with Gasteiger partial charge in [-0.15, -0.1) is 0 Å². The molecule has 0 saturated heterocycles. The molecule has 2 aliphatic rings. The number of hydrogen-bond donors (Lipinski definition) is 2. The van der Waals surface area contributed by atoms with Crippen molar-refractivity contribution in [3.8, 4) is 5.75 Å². The van der Waals surface area contributed by atoms with Gasteiger partial charge in [0.1, 0.15) is 12.4 Å². The average Bonchev–Trinajstić information content (AvgIpc) is 3.10. The normalized spacial score (nSPS) is 23.2. The van der Waals surface area contributed by atoms with Crippen molar-refractivity contribution in [1.82, 2.24) is 5.32 Å². The summed E-state index contributed by atoms with van der Waals surface area (Å²) in [7, 11) is 0. The van der Waals surface area contributed by atoms with E-state index in [-0.39, 0.29) is 0 Å². The molecule has 0 aromatic heterocycles. The third kappa shape index (κ3) is 3.24. The highest BCUT2D eigenvalue weighted by Gasteiger charge is 2.32. The van der Waals surface area contributed by atoms with Crippen LogP contribution in [0.15, 0.2) is 18.2 Å². The minimum atomic E-state index is -0.596. The van der Waals surface area contributed by atoms with Gasteiger partial charge in [-0.05, 0) is 55.8 Å². The van der Waals surface area contributed by atoms with Gasteiger partial charge in [-0.2, -0.15) is 0 Å². The first-order valence-electron chi connectivity index (χ1n) is 8.42. The van der Waals surface area contributed by atoms with Gasteiger partial charge >= 0.3 is 0 Å². The molecule has 116 valence electrons. The molecule has 3 heteroatoms. The first-order valence-corrected chi connectivity index (χ1v) is 8.42. The van der Waals surface area contributed by atoms with Crippen LogP contribution in [0.1, 0.15) is 62.6 Å². The molecule has 0 bridgehead atoms. The molecule has 0 aliphatic heterocycles. The summed E-state index contributed by atoms with van der Waals surface area (Å²) in [6.07, 6.45) is 7.39. The second-order valence-electron chi connectivity index (χ2n) is 6.59. The van der Waals surface area contributed by atoms with Crippen molar-refractivity contribution in [2.24, 2.45) is 0 Å². The number of aliphatic hydroxyl groups is 1. The van der Waals surface area contributed by atoms with Crippen molar-refractivity contribution >= 4 is 0 Å². The number of ether oxygens (including phenoxy) is 1. The molecule has 3 rings (SSSR count). The Morgan fingerprint density at radius 3 is 2.90 bits per heavy atom. The molecule has 2 aliphatic carbocycles. The standard InChI is InChI=1S/C18H27NO2/c1-2-12-19-16-9-8-15-14(16)6-5-7-17(15)21-13-18(20)10-3-4-11-18/h5-7,16,19-20H,2-4,8-13H2,1H3. The fourth-order valence-electron chi connectivity index (χ4n) is 3.68. The third-order valence-corrected chi connectivity index (χ3v) is 4.90. The van der Waals surface area contributed by atoms with Crippen LogP contribution in [0.5, 0.6) is 5.75 Å². The monoisotopic (exact) mass is 289 g/mol. The van der Waals surface area contributed by atoms with Crippen LogP contribution >= 0.6 is 0 Å². The van der Waals surface area contributed by atoms with E-state index < -0.39 is 5.60 Å². The van der Waals surface area contributed by atoms with Gasteiger partial charge in [-0.3, -0.25) is 0 Å². The van der Waals surface area contributed by atoms with Crippen LogP contribution < -0.4 is 10.1 Å². The predicted octanol–water partition coefficient (Wildman–Crippen LogP) is 3.36. The van der Waals surface area contributed by atoms with Gasteiger partial charge in [0.15, 0.2) is 0 Å². The van der Waals surface area contributed by atoms with E-state index in [2.05, 4.69) is 30.4 Å². The number of fused-ring (bicyclic) bond motifs is 1. The van der Waals surface area contributed by atoms with Crippen LogP contribution in [0, 0.1) is 0 Å². The maximum Gasteiger partial charge on any atom is 0.122 e. The van der Waals surface area contributed by atoms with Crippen LogP contribution in [0.3, 0.4) is 0 Å². The number of hydrogen-bond acceptors (Lipinski definition) is 3. The zero-order chi connectivity index (χ0) is 14.7. The van der Waals surface area contributed by atoms with Crippen LogP contribution in [0.2, 0.25) is 0 Å². The summed E-state index contributed by atoms with van der Waals surface area (Å²) < 4.78 is 6.01. The SMILES string of the molecule is CCCNC1CCc2c(OCC3(O)CCCC3)cccc21. The minimum Gasteiger partial charge on any atom is -0.490 e. The molecule has 1 unspecified atom stereocenters. The topological polar surface area (TPSA) is 41.5 Å². The van der Waals surface area contributed by atoms with E-state index in [1.54, 1.807) is 0 Å². The van der Waals surface area contributed by atoms with Gasteiger partial charge in [0.25, 0.3) is 0 Å². The van der Waals surface area contributed by atoms with Gasteiger partial charge in [-0.25, -0.2) is 0 Å². The van der Waals surface area contributed by atoms with E-state index >= 15 is 0 Å². The Labute approximate surface area is 127 Å². The van der Waals surface area contributed by atoms with Crippen molar-refractivity contribution < 1.29 is 9.84 Å². The molecule has 1 aromatic carbocycles. The van der Waals surface area contributed by atoms with Gasteiger partial charge in [0, 0.05) is 6.04 Å². The highest BCUT2D eigenvalue weighted by atomic mass is 16.5. The largest absolute Gasteiger partial charge is 0.490 e. The molecule has 0 heterocycles. The third-order valence-electron chi connectivity index (χ3n) is 4.90. The Bertz CT molecular complexity index is 480. The van der Waals surface area contributed by atoms with Crippen molar-refractivity contribution in [3.63, 3.8) is 0 Å². The Hall–Kier alpha value is -1.06. The van der Waals surface area contributed by atoms with Crippen LogP contribution in [0.25, 0.3) is 0 Å². The van der Waals surface area contributed by atoms with E-state index in [0.717, 1.165) is 57.2 Å². The van der Waals surface area contributed by atoms with Gasteiger partial charge < -0.3 is 15.2 Å². The molecule has 3 nitrogen and oxygen atoms in total. The van der Waals surface area contributed by atoms with Gasteiger partial charge in [0.2, 0.25) is 0 Å². The Morgan fingerprint density at radius 1 is 1.33 bits per heavy atom. The molecular formula is C18H27NO2. The average molecular weight is 289 g/mol. The van der Waals surface area contributed by atoms with Crippen molar-refractivity contribution in [3.05, 3.63) is 29.3 Å². The quantitative estimate of drug-likeness (QED) is 0.844. The molecule has 1 saturated carbocycles. The minimum absolute atomic E-state index is 0.441. The summed E-state index contributed by atoms with van der Waals surface area (Å²) in [5, 5.41) is 14.0. The molecular weight excluding hydrogens is 262 g/mol. The second kappa shape index (κ2) is 6.37. The highest BCUT2D eigenvalue weighted by Crippen LogP contribution is 2.38. The fourth-order valence-corrected chi connectivity index (χ4v) is 3.68. The number of rotatable bonds is 6. The summed E-state index contributed by atoms with van der Waals surface area (Å²) in [4.78, 5) is 0. The van der Waals surface area contributed by atoms with E-state index in [1.807, 2.05) is 0 Å². The fraction of sp³-hybridized carbons (Fsp3) is 0.667. The number of benzene rings is 1. The van der Waals surface area contributed by atoms with Crippen molar-refractivity contribution in [2.75, 3.05) is 13.2 Å². The molecule has 1 atom stereocenters. The Morgan fingerprint density at radius 2 is 2.14 bits per heavy atom. The summed E-state index contributed by atoms with van der Waals surface area (Å²) in [6.45, 7) is 3.70. The maximum absolute atomic E-state index is 10.4. The summed E-state index contributed by atoms with van der Waals surface area (Å²) in [5.41, 5.74) is 2.13. The lowest BCUT2D eigenvalue weighted by Gasteiger charge is -2.23. The first kappa shape index (κ1) is 14.9.